The van der Waals surface area contributed by atoms with E-state index in [1.54, 1.807) is 0 Å². The number of hydrogen-bond donors (Lipinski definition) is 0. The van der Waals surface area contributed by atoms with Crippen molar-refractivity contribution in [2.45, 2.75) is 42.1 Å². The van der Waals surface area contributed by atoms with Crippen molar-refractivity contribution in [3.8, 4) is 0 Å². The quantitative estimate of drug-likeness (QED) is 0.572. The van der Waals surface area contributed by atoms with Crippen molar-refractivity contribution < 1.29 is 0 Å². The second-order valence-electron chi connectivity index (χ2n) is 2.82. The Morgan fingerprint density at radius 1 is 1.12 bits per heavy atom. The molecule has 0 aromatic rings. The molecule has 0 bridgehead atoms. The van der Waals surface area contributed by atoms with Gasteiger partial charge in [-0.25, -0.2) is 0 Å². The van der Waals surface area contributed by atoms with E-state index >= 15 is 0 Å². The molecule has 0 aliphatic rings. The van der Waals surface area contributed by atoms with Crippen LogP contribution in [0, 0.1) is 0 Å². The Morgan fingerprint density at radius 2 is 1.50 bits per heavy atom. The minimum atomic E-state index is -0.692. The van der Waals surface area contributed by atoms with Crippen LogP contribution in [0.1, 0.15) is 27.7 Å². The summed E-state index contributed by atoms with van der Waals surface area (Å²) in [5, 5.41) is 0. The molecule has 0 amide bonds. The summed E-state index contributed by atoms with van der Waals surface area (Å²) < 4.78 is 1.07. The molecule has 0 unspecified atom stereocenters. The molecular weight excluding hydrogens is 154 g/mol. The molecule has 0 fully saturated rings. The average Bonchev–Trinajstić information content (AvgIpc) is 1.69. The summed E-state index contributed by atoms with van der Waals surface area (Å²) in [7, 11) is 0. The molecule has 0 heterocycles. The van der Waals surface area contributed by atoms with E-state index < -0.39 is 16.2 Å². The Hall–Kier alpha value is 0.636. The summed E-state index contributed by atoms with van der Waals surface area (Å²) in [5.74, 6) is 0. The fraction of sp³-hybridized carbons (Fsp3) is 1.00. The SMILES string of the molecule is C[CH2][Ga]([CH2]C)[CH](C)C. The van der Waals surface area contributed by atoms with Crippen LogP contribution < -0.4 is 0 Å². The summed E-state index contributed by atoms with van der Waals surface area (Å²) in [6, 6.07) is 0. The normalized spacial score (nSPS) is 10.1. The van der Waals surface area contributed by atoms with Gasteiger partial charge in [-0.2, -0.15) is 0 Å². The van der Waals surface area contributed by atoms with Crippen LogP contribution in [0.5, 0.6) is 0 Å². The van der Waals surface area contributed by atoms with Crippen molar-refractivity contribution in [1.82, 2.24) is 0 Å². The molecule has 0 saturated carbocycles. The van der Waals surface area contributed by atoms with Gasteiger partial charge in [-0.15, -0.1) is 0 Å². The van der Waals surface area contributed by atoms with E-state index in [2.05, 4.69) is 27.7 Å². The molecule has 0 aromatic heterocycles. The Balaban J connectivity index is 3.35. The van der Waals surface area contributed by atoms with Gasteiger partial charge in [0, 0.05) is 0 Å². The van der Waals surface area contributed by atoms with Crippen molar-refractivity contribution in [3.63, 3.8) is 0 Å². The summed E-state index contributed by atoms with van der Waals surface area (Å²) >= 11 is -0.692. The molecule has 0 aliphatic heterocycles. The molecule has 48 valence electrons. The zero-order chi connectivity index (χ0) is 6.57. The van der Waals surface area contributed by atoms with E-state index in [0.29, 0.717) is 0 Å². The third kappa shape index (κ3) is 2.83. The van der Waals surface area contributed by atoms with E-state index in [1.165, 1.54) is 9.95 Å². The first-order valence-electron chi connectivity index (χ1n) is 3.72. The molecular formula is C7H17Ga. The Bertz CT molecular complexity index is 46.3. The van der Waals surface area contributed by atoms with E-state index in [-0.39, 0.29) is 0 Å². The van der Waals surface area contributed by atoms with Crippen molar-refractivity contribution in [3.05, 3.63) is 0 Å². The first-order chi connectivity index (χ1) is 3.72. The summed E-state index contributed by atoms with van der Waals surface area (Å²) in [5.41, 5.74) is 0. The van der Waals surface area contributed by atoms with Gasteiger partial charge in [0.25, 0.3) is 0 Å². The van der Waals surface area contributed by atoms with Crippen LogP contribution in [0.4, 0.5) is 0 Å². The van der Waals surface area contributed by atoms with Gasteiger partial charge < -0.3 is 0 Å². The van der Waals surface area contributed by atoms with Crippen LogP contribution >= 0.6 is 0 Å². The van der Waals surface area contributed by atoms with Crippen LogP contribution in [0.2, 0.25) is 14.4 Å². The van der Waals surface area contributed by atoms with Crippen LogP contribution in [0.25, 0.3) is 0 Å². The van der Waals surface area contributed by atoms with E-state index in [1.807, 2.05) is 0 Å². The Kier molecular flexibility index (Phi) is 4.87. The molecule has 0 atom stereocenters. The zero-order valence-electron chi connectivity index (χ0n) is 6.57. The summed E-state index contributed by atoms with van der Waals surface area (Å²) in [6.07, 6.45) is 0. The van der Waals surface area contributed by atoms with Crippen molar-refractivity contribution >= 4 is 16.2 Å². The molecule has 0 rings (SSSR count). The molecule has 0 spiro atoms. The van der Waals surface area contributed by atoms with Gasteiger partial charge in [-0.1, -0.05) is 0 Å². The third-order valence-electron chi connectivity index (χ3n) is 1.99. The first kappa shape index (κ1) is 8.64. The molecule has 0 aromatic carbocycles. The maximum absolute atomic E-state index is 2.39. The second-order valence-corrected chi connectivity index (χ2v) is 12.2. The van der Waals surface area contributed by atoms with E-state index in [0.717, 1.165) is 4.47 Å². The number of rotatable bonds is 3. The summed E-state index contributed by atoms with van der Waals surface area (Å²) in [4.78, 5) is 3.06. The van der Waals surface area contributed by atoms with Crippen molar-refractivity contribution in [2.75, 3.05) is 0 Å². The van der Waals surface area contributed by atoms with Gasteiger partial charge >= 0.3 is 58.3 Å². The minimum absolute atomic E-state index is 0.692. The third-order valence-corrected chi connectivity index (χ3v) is 10.3. The van der Waals surface area contributed by atoms with E-state index in [4.69, 9.17) is 0 Å². The monoisotopic (exact) mass is 170 g/mol. The molecule has 0 aliphatic carbocycles. The predicted octanol–water partition coefficient (Wildman–Crippen LogP) is 2.93. The van der Waals surface area contributed by atoms with Crippen molar-refractivity contribution in [1.29, 1.82) is 0 Å². The van der Waals surface area contributed by atoms with Gasteiger partial charge in [0.1, 0.15) is 0 Å². The molecule has 1 heteroatoms. The van der Waals surface area contributed by atoms with Gasteiger partial charge in [0.15, 0.2) is 0 Å². The standard InChI is InChI=1S/C3H7.2C2H5.Ga/c1-3-2;2*1-2;/h3H,1-2H3;2*1H2,2H3;. The maximum atomic E-state index is 2.39. The van der Waals surface area contributed by atoms with Crippen LogP contribution in [0.3, 0.4) is 0 Å². The van der Waals surface area contributed by atoms with E-state index in [9.17, 15) is 0 Å². The van der Waals surface area contributed by atoms with Gasteiger partial charge in [-0.05, 0) is 0 Å². The Morgan fingerprint density at radius 3 is 1.50 bits per heavy atom. The molecule has 8 heavy (non-hydrogen) atoms. The van der Waals surface area contributed by atoms with Crippen LogP contribution in [-0.2, 0) is 0 Å². The topological polar surface area (TPSA) is 0 Å². The molecule has 0 N–H and O–H groups in total. The Labute approximate surface area is 58.7 Å². The van der Waals surface area contributed by atoms with Crippen LogP contribution in [-0.4, -0.2) is 16.2 Å². The van der Waals surface area contributed by atoms with Crippen LogP contribution in [0.15, 0.2) is 0 Å². The van der Waals surface area contributed by atoms with Crippen molar-refractivity contribution in [2.24, 2.45) is 0 Å². The predicted molar refractivity (Wildman–Crippen MR) is 41.8 cm³/mol. The van der Waals surface area contributed by atoms with Gasteiger partial charge in [0.05, 0.1) is 0 Å². The fourth-order valence-electron chi connectivity index (χ4n) is 1.23. The first-order valence-corrected chi connectivity index (χ1v) is 8.54. The molecule has 0 saturated heterocycles. The average molecular weight is 171 g/mol. The molecule has 0 nitrogen and oxygen atoms in total. The second kappa shape index (κ2) is 4.51. The fourth-order valence-corrected chi connectivity index (χ4v) is 6.40. The summed E-state index contributed by atoms with van der Waals surface area (Å²) in [6.45, 7) is 9.48. The number of hydrogen-bond acceptors (Lipinski definition) is 0. The van der Waals surface area contributed by atoms with Gasteiger partial charge in [0.2, 0.25) is 0 Å². The molecule has 0 radical (unpaired) electrons. The zero-order valence-corrected chi connectivity index (χ0v) is 8.99. The van der Waals surface area contributed by atoms with Gasteiger partial charge in [-0.3, -0.25) is 0 Å².